The van der Waals surface area contributed by atoms with Gasteiger partial charge in [0.05, 0.1) is 12.2 Å². The molecular formula is C11H10F4N2O. The van der Waals surface area contributed by atoms with Crippen LogP contribution in [-0.2, 0) is 0 Å². The van der Waals surface area contributed by atoms with Gasteiger partial charge in [0.2, 0.25) is 0 Å². The molecule has 3 nitrogen and oxygen atoms in total. The number of halogens is 4. The fourth-order valence-corrected chi connectivity index (χ4v) is 1.43. The number of hydrogen-bond donors (Lipinski definition) is 1. The molecule has 0 unspecified atom stereocenters. The molecule has 0 atom stereocenters. The van der Waals surface area contributed by atoms with Crippen molar-refractivity contribution >= 4 is 5.69 Å². The summed E-state index contributed by atoms with van der Waals surface area (Å²) in [6, 6.07) is 4.74. The molecule has 0 aliphatic carbocycles. The van der Waals surface area contributed by atoms with Crippen molar-refractivity contribution in [3.63, 3.8) is 0 Å². The molecule has 0 radical (unpaired) electrons. The molecule has 0 spiro atoms. The molecule has 1 rings (SSSR count). The monoisotopic (exact) mass is 262 g/mol. The Kier molecular flexibility index (Phi) is 4.50. The van der Waals surface area contributed by atoms with Gasteiger partial charge in [-0.2, -0.15) is 18.4 Å². The van der Waals surface area contributed by atoms with Crippen LogP contribution >= 0.6 is 0 Å². The topological polar surface area (TPSA) is 47.3 Å². The second-order valence-corrected chi connectivity index (χ2v) is 3.54. The van der Waals surface area contributed by atoms with Crippen molar-refractivity contribution in [3.8, 4) is 6.07 Å². The lowest BCUT2D eigenvalue weighted by Crippen LogP contribution is -2.36. The molecule has 18 heavy (non-hydrogen) atoms. The lowest BCUT2D eigenvalue weighted by atomic mass is 10.2. The number of nitrogens with zero attached hydrogens (tertiary/aromatic N) is 2. The van der Waals surface area contributed by atoms with Crippen molar-refractivity contribution in [2.45, 2.75) is 6.18 Å². The highest BCUT2D eigenvalue weighted by molar-refractivity contribution is 5.50. The summed E-state index contributed by atoms with van der Waals surface area (Å²) in [6.07, 6.45) is -4.46. The van der Waals surface area contributed by atoms with Gasteiger partial charge in [-0.25, -0.2) is 4.39 Å². The summed E-state index contributed by atoms with van der Waals surface area (Å²) >= 11 is 0. The zero-order valence-electron chi connectivity index (χ0n) is 9.21. The molecule has 7 heteroatoms. The number of nitriles is 1. The molecule has 0 saturated heterocycles. The maximum absolute atomic E-state index is 13.3. The second kappa shape index (κ2) is 5.69. The molecule has 0 saturated carbocycles. The lowest BCUT2D eigenvalue weighted by molar-refractivity contribution is -0.119. The minimum atomic E-state index is -4.46. The number of anilines is 1. The number of benzene rings is 1. The standard InChI is InChI=1S/C11H10F4N2O/c12-10-5-9(2-1-8(10)6-16)17(3-4-18)7-11(13,14)15/h1-2,5,18H,3-4,7H2. The lowest BCUT2D eigenvalue weighted by Gasteiger charge is -2.25. The molecular weight excluding hydrogens is 252 g/mol. The van der Waals surface area contributed by atoms with Gasteiger partial charge in [-0.3, -0.25) is 0 Å². The van der Waals surface area contributed by atoms with Gasteiger partial charge in [0, 0.05) is 12.2 Å². The van der Waals surface area contributed by atoms with Crippen LogP contribution in [0.25, 0.3) is 0 Å². The van der Waals surface area contributed by atoms with E-state index in [0.717, 1.165) is 17.0 Å². The minimum Gasteiger partial charge on any atom is -0.395 e. The molecule has 0 aliphatic heterocycles. The average Bonchev–Trinajstić information content (AvgIpc) is 2.26. The van der Waals surface area contributed by atoms with E-state index in [4.69, 9.17) is 10.4 Å². The number of alkyl halides is 3. The first-order chi connectivity index (χ1) is 8.37. The average molecular weight is 262 g/mol. The summed E-state index contributed by atoms with van der Waals surface area (Å²) in [5.74, 6) is -0.889. The van der Waals surface area contributed by atoms with E-state index in [-0.39, 0.29) is 17.8 Å². The van der Waals surface area contributed by atoms with Crippen LogP contribution in [0.3, 0.4) is 0 Å². The predicted molar refractivity (Wildman–Crippen MR) is 56.5 cm³/mol. The molecule has 1 aromatic rings. The van der Waals surface area contributed by atoms with Crippen molar-refractivity contribution in [2.75, 3.05) is 24.6 Å². The summed E-state index contributed by atoms with van der Waals surface area (Å²) < 4.78 is 50.2. The van der Waals surface area contributed by atoms with Gasteiger partial charge in [0.15, 0.2) is 0 Å². The zero-order chi connectivity index (χ0) is 13.8. The van der Waals surface area contributed by atoms with Gasteiger partial charge in [-0.05, 0) is 18.2 Å². The maximum atomic E-state index is 13.3. The Bertz CT molecular complexity index is 453. The summed E-state index contributed by atoms with van der Waals surface area (Å²) in [5, 5.41) is 17.2. The first-order valence-electron chi connectivity index (χ1n) is 4.99. The van der Waals surface area contributed by atoms with Crippen molar-refractivity contribution in [1.82, 2.24) is 0 Å². The van der Waals surface area contributed by atoms with Gasteiger partial charge in [0.1, 0.15) is 18.4 Å². The van der Waals surface area contributed by atoms with Crippen molar-refractivity contribution in [2.24, 2.45) is 0 Å². The van der Waals surface area contributed by atoms with Crippen LogP contribution < -0.4 is 4.90 Å². The number of rotatable bonds is 4. The molecule has 0 aromatic heterocycles. The van der Waals surface area contributed by atoms with Crippen molar-refractivity contribution in [1.29, 1.82) is 5.26 Å². The summed E-state index contributed by atoms with van der Waals surface area (Å²) in [7, 11) is 0. The molecule has 0 aliphatic rings. The number of aliphatic hydroxyl groups is 1. The largest absolute Gasteiger partial charge is 0.405 e. The van der Waals surface area contributed by atoms with E-state index >= 15 is 0 Å². The normalized spacial score (nSPS) is 11.1. The van der Waals surface area contributed by atoms with Crippen LogP contribution in [0.2, 0.25) is 0 Å². The Balaban J connectivity index is 2.99. The van der Waals surface area contributed by atoms with E-state index < -0.39 is 25.1 Å². The molecule has 0 bridgehead atoms. The molecule has 0 heterocycles. The van der Waals surface area contributed by atoms with Gasteiger partial charge >= 0.3 is 6.18 Å². The molecule has 1 N–H and O–H groups in total. The summed E-state index contributed by atoms with van der Waals surface area (Å²) in [5.41, 5.74) is -0.271. The van der Waals surface area contributed by atoms with Crippen LogP contribution in [0.4, 0.5) is 23.2 Å². The highest BCUT2D eigenvalue weighted by Gasteiger charge is 2.30. The Morgan fingerprint density at radius 3 is 2.44 bits per heavy atom. The van der Waals surface area contributed by atoms with Crippen LogP contribution in [0, 0.1) is 17.1 Å². The zero-order valence-corrected chi connectivity index (χ0v) is 9.21. The van der Waals surface area contributed by atoms with Crippen LogP contribution in [0.15, 0.2) is 18.2 Å². The fourth-order valence-electron chi connectivity index (χ4n) is 1.43. The summed E-state index contributed by atoms with van der Waals surface area (Å²) in [6.45, 7) is -2.05. The third-order valence-corrected chi connectivity index (χ3v) is 2.18. The van der Waals surface area contributed by atoms with E-state index in [0.29, 0.717) is 0 Å². The minimum absolute atomic E-state index is 0.0297. The first-order valence-corrected chi connectivity index (χ1v) is 4.99. The van der Waals surface area contributed by atoms with E-state index in [1.54, 1.807) is 6.07 Å². The molecule has 98 valence electrons. The van der Waals surface area contributed by atoms with Crippen LogP contribution in [0.1, 0.15) is 5.56 Å². The first kappa shape index (κ1) is 14.3. The Morgan fingerprint density at radius 1 is 1.33 bits per heavy atom. The third-order valence-electron chi connectivity index (χ3n) is 2.18. The van der Waals surface area contributed by atoms with Crippen molar-refractivity contribution in [3.05, 3.63) is 29.6 Å². The fraction of sp³-hybridized carbons (Fsp3) is 0.364. The Morgan fingerprint density at radius 2 is 2.00 bits per heavy atom. The predicted octanol–water partition coefficient (Wildman–Crippen LogP) is 2.06. The van der Waals surface area contributed by atoms with Crippen LogP contribution in [0.5, 0.6) is 0 Å². The SMILES string of the molecule is N#Cc1ccc(N(CCO)CC(F)(F)F)cc1F. The van der Waals surface area contributed by atoms with Gasteiger partial charge in [0.25, 0.3) is 0 Å². The van der Waals surface area contributed by atoms with Crippen molar-refractivity contribution < 1.29 is 22.7 Å². The third kappa shape index (κ3) is 3.89. The van der Waals surface area contributed by atoms with Gasteiger partial charge in [-0.1, -0.05) is 0 Å². The molecule has 0 fully saturated rings. The quantitative estimate of drug-likeness (QED) is 0.845. The van der Waals surface area contributed by atoms with E-state index in [9.17, 15) is 17.6 Å². The molecule has 1 aromatic carbocycles. The smallest absolute Gasteiger partial charge is 0.395 e. The number of hydrogen-bond acceptors (Lipinski definition) is 3. The highest BCUT2D eigenvalue weighted by atomic mass is 19.4. The van der Waals surface area contributed by atoms with Gasteiger partial charge in [-0.15, -0.1) is 0 Å². The Labute approximate surface area is 101 Å². The highest BCUT2D eigenvalue weighted by Crippen LogP contribution is 2.23. The van der Waals surface area contributed by atoms with E-state index in [2.05, 4.69) is 0 Å². The maximum Gasteiger partial charge on any atom is 0.405 e. The molecule has 0 amide bonds. The number of aliphatic hydroxyl groups excluding tert-OH is 1. The van der Waals surface area contributed by atoms with E-state index in [1.165, 1.54) is 6.07 Å². The summed E-state index contributed by atoms with van der Waals surface area (Å²) in [4.78, 5) is 0.796. The Hall–Kier alpha value is -1.81. The second-order valence-electron chi connectivity index (χ2n) is 3.54. The van der Waals surface area contributed by atoms with E-state index in [1.807, 2.05) is 0 Å². The van der Waals surface area contributed by atoms with Gasteiger partial charge < -0.3 is 10.0 Å². The van der Waals surface area contributed by atoms with Crippen LogP contribution in [-0.4, -0.2) is 31.0 Å².